The molecule has 0 saturated carbocycles. The summed E-state index contributed by atoms with van der Waals surface area (Å²) in [4.78, 5) is 1.44. The molecule has 0 aromatic carbocycles. The van der Waals surface area contributed by atoms with Crippen molar-refractivity contribution < 1.29 is 0 Å². The van der Waals surface area contributed by atoms with Crippen LogP contribution in [0.5, 0.6) is 0 Å². The van der Waals surface area contributed by atoms with Gasteiger partial charge in [0, 0.05) is 4.91 Å². The quantitative estimate of drug-likeness (QED) is 0.557. The van der Waals surface area contributed by atoms with Gasteiger partial charge in [0.2, 0.25) is 0 Å². The van der Waals surface area contributed by atoms with Crippen LogP contribution in [0.15, 0.2) is 22.1 Å². The molecule has 55 valence electrons. The third-order valence-electron chi connectivity index (χ3n) is 1.91. The fourth-order valence-corrected chi connectivity index (χ4v) is 1.81. The Hall–Kier alpha value is -0.170. The summed E-state index contributed by atoms with van der Waals surface area (Å²) < 4.78 is 0. The van der Waals surface area contributed by atoms with E-state index in [2.05, 4.69) is 32.6 Å². The van der Waals surface area contributed by atoms with Crippen LogP contribution in [0.4, 0.5) is 0 Å². The Morgan fingerprint density at radius 3 is 2.60 bits per heavy atom. The van der Waals surface area contributed by atoms with E-state index in [0.29, 0.717) is 0 Å². The SMILES string of the molecule is CSC1=CC[CH]C(C)=C1C. The lowest BCUT2D eigenvalue weighted by atomic mass is 10.0. The molecule has 0 nitrogen and oxygen atoms in total. The summed E-state index contributed by atoms with van der Waals surface area (Å²) in [5, 5.41) is 0. The maximum atomic E-state index is 2.28. The van der Waals surface area contributed by atoms with E-state index >= 15 is 0 Å². The molecule has 0 unspecified atom stereocenters. The van der Waals surface area contributed by atoms with Crippen molar-refractivity contribution in [2.75, 3.05) is 6.26 Å². The molecule has 10 heavy (non-hydrogen) atoms. The van der Waals surface area contributed by atoms with Crippen LogP contribution in [0.3, 0.4) is 0 Å². The predicted octanol–water partition coefficient (Wildman–Crippen LogP) is 3.18. The minimum atomic E-state index is 1.11. The van der Waals surface area contributed by atoms with E-state index < -0.39 is 0 Å². The number of thioether (sulfide) groups is 1. The molecule has 0 heterocycles. The van der Waals surface area contributed by atoms with Gasteiger partial charge in [0.1, 0.15) is 0 Å². The van der Waals surface area contributed by atoms with Crippen LogP contribution in [0.25, 0.3) is 0 Å². The van der Waals surface area contributed by atoms with Gasteiger partial charge < -0.3 is 0 Å². The van der Waals surface area contributed by atoms with Gasteiger partial charge in [-0.25, -0.2) is 0 Å². The van der Waals surface area contributed by atoms with Gasteiger partial charge in [-0.15, -0.1) is 11.8 Å². The number of hydrogen-bond donors (Lipinski definition) is 0. The van der Waals surface area contributed by atoms with Crippen LogP contribution in [0, 0.1) is 6.42 Å². The van der Waals surface area contributed by atoms with Gasteiger partial charge in [-0.3, -0.25) is 0 Å². The highest BCUT2D eigenvalue weighted by Gasteiger charge is 2.06. The van der Waals surface area contributed by atoms with Crippen LogP contribution in [0.1, 0.15) is 20.3 Å². The van der Waals surface area contributed by atoms with E-state index in [0.717, 1.165) is 6.42 Å². The summed E-state index contributed by atoms with van der Waals surface area (Å²) in [5.74, 6) is 0. The number of rotatable bonds is 1. The van der Waals surface area contributed by atoms with Gasteiger partial charge >= 0.3 is 0 Å². The first-order chi connectivity index (χ1) is 4.75. The molecule has 0 aromatic heterocycles. The molecule has 0 saturated heterocycles. The normalized spacial score (nSPS) is 19.3. The summed E-state index contributed by atoms with van der Waals surface area (Å²) in [6.07, 6.45) is 7.80. The first kappa shape index (κ1) is 7.93. The van der Waals surface area contributed by atoms with Crippen molar-refractivity contribution in [2.45, 2.75) is 20.3 Å². The second kappa shape index (κ2) is 3.29. The minimum absolute atomic E-state index is 1.11. The first-order valence-corrected chi connectivity index (χ1v) is 4.73. The Morgan fingerprint density at radius 1 is 1.40 bits per heavy atom. The molecule has 0 N–H and O–H groups in total. The zero-order chi connectivity index (χ0) is 7.56. The van der Waals surface area contributed by atoms with Crippen molar-refractivity contribution in [2.24, 2.45) is 0 Å². The van der Waals surface area contributed by atoms with Crippen LogP contribution in [-0.2, 0) is 0 Å². The molecular weight excluding hydrogens is 140 g/mol. The molecule has 1 rings (SSSR count). The van der Waals surface area contributed by atoms with Gasteiger partial charge in [0.25, 0.3) is 0 Å². The standard InChI is InChI=1S/C9H13S/c1-7-5-4-6-9(10-3)8(7)2/h5-6H,4H2,1-3H3. The minimum Gasteiger partial charge on any atom is -0.130 e. The molecule has 1 aliphatic carbocycles. The van der Waals surface area contributed by atoms with Gasteiger partial charge in [-0.05, 0) is 38.5 Å². The Morgan fingerprint density at radius 2 is 2.10 bits per heavy atom. The van der Waals surface area contributed by atoms with Crippen molar-refractivity contribution >= 4 is 11.8 Å². The van der Waals surface area contributed by atoms with Crippen LogP contribution < -0.4 is 0 Å². The summed E-state index contributed by atoms with van der Waals surface area (Å²) in [6, 6.07) is 0. The molecule has 0 aromatic rings. The van der Waals surface area contributed by atoms with Gasteiger partial charge in [0.15, 0.2) is 0 Å². The first-order valence-electron chi connectivity index (χ1n) is 3.51. The van der Waals surface area contributed by atoms with E-state index in [1.54, 1.807) is 0 Å². The highest BCUT2D eigenvalue weighted by molar-refractivity contribution is 8.02. The molecule has 0 bridgehead atoms. The Bertz CT molecular complexity index is 187. The average Bonchev–Trinajstić information content (AvgIpc) is 1.95. The number of allylic oxidation sites excluding steroid dienone is 3. The van der Waals surface area contributed by atoms with E-state index in [4.69, 9.17) is 0 Å². The molecule has 0 aliphatic heterocycles. The van der Waals surface area contributed by atoms with Crippen molar-refractivity contribution in [3.63, 3.8) is 0 Å². The fraction of sp³-hybridized carbons (Fsp3) is 0.444. The Labute approximate surface area is 67.4 Å². The monoisotopic (exact) mass is 153 g/mol. The van der Waals surface area contributed by atoms with Crippen molar-refractivity contribution in [1.82, 2.24) is 0 Å². The maximum Gasteiger partial charge on any atom is 0.00582 e. The van der Waals surface area contributed by atoms with E-state index in [1.165, 1.54) is 16.1 Å². The smallest absolute Gasteiger partial charge is 0.00582 e. The van der Waals surface area contributed by atoms with E-state index in [9.17, 15) is 0 Å². The van der Waals surface area contributed by atoms with E-state index in [-0.39, 0.29) is 0 Å². The van der Waals surface area contributed by atoms with Crippen LogP contribution in [-0.4, -0.2) is 6.26 Å². The zero-order valence-corrected chi connectivity index (χ0v) is 7.59. The van der Waals surface area contributed by atoms with Crippen molar-refractivity contribution in [3.05, 3.63) is 28.5 Å². The summed E-state index contributed by atoms with van der Waals surface area (Å²) in [5.41, 5.74) is 2.88. The Kier molecular flexibility index (Phi) is 2.61. The van der Waals surface area contributed by atoms with Crippen molar-refractivity contribution in [3.8, 4) is 0 Å². The van der Waals surface area contributed by atoms with Gasteiger partial charge in [-0.1, -0.05) is 11.6 Å². The average molecular weight is 153 g/mol. The molecule has 1 heteroatoms. The fourth-order valence-electron chi connectivity index (χ4n) is 1.08. The summed E-state index contributed by atoms with van der Waals surface area (Å²) in [6.45, 7) is 4.37. The maximum absolute atomic E-state index is 2.28. The highest BCUT2D eigenvalue weighted by atomic mass is 32.2. The predicted molar refractivity (Wildman–Crippen MR) is 48.9 cm³/mol. The van der Waals surface area contributed by atoms with Gasteiger partial charge in [-0.2, -0.15) is 0 Å². The molecule has 0 amide bonds. The lowest BCUT2D eigenvalue weighted by Crippen LogP contribution is -1.93. The molecule has 1 radical (unpaired) electrons. The van der Waals surface area contributed by atoms with E-state index in [1.807, 2.05) is 11.8 Å². The molecule has 0 atom stereocenters. The van der Waals surface area contributed by atoms with Crippen LogP contribution in [0.2, 0.25) is 0 Å². The third kappa shape index (κ3) is 1.46. The molecule has 0 spiro atoms. The third-order valence-corrected chi connectivity index (χ3v) is 2.82. The lowest BCUT2D eigenvalue weighted by Gasteiger charge is -2.14. The topological polar surface area (TPSA) is 0 Å². The molecule has 1 aliphatic rings. The second-order valence-corrected chi connectivity index (χ2v) is 3.37. The second-order valence-electron chi connectivity index (χ2n) is 2.52. The highest BCUT2D eigenvalue weighted by Crippen LogP contribution is 2.29. The summed E-state index contributed by atoms with van der Waals surface area (Å²) >= 11 is 1.84. The van der Waals surface area contributed by atoms with Crippen LogP contribution >= 0.6 is 11.8 Å². The Balaban J connectivity index is 2.83. The largest absolute Gasteiger partial charge is 0.130 e. The molecule has 0 fully saturated rings. The zero-order valence-electron chi connectivity index (χ0n) is 6.77. The van der Waals surface area contributed by atoms with Gasteiger partial charge in [0.05, 0.1) is 0 Å². The summed E-state index contributed by atoms with van der Waals surface area (Å²) in [7, 11) is 0. The number of hydrogen-bond acceptors (Lipinski definition) is 1. The van der Waals surface area contributed by atoms with Crippen molar-refractivity contribution in [1.29, 1.82) is 0 Å². The lowest BCUT2D eigenvalue weighted by molar-refractivity contribution is 1.13. The molecular formula is C9H13S.